The van der Waals surface area contributed by atoms with Gasteiger partial charge in [0.2, 0.25) is 10.0 Å². The summed E-state index contributed by atoms with van der Waals surface area (Å²) in [5, 5.41) is 2.93. The Bertz CT molecular complexity index is 695. The maximum absolute atomic E-state index is 12.7. The molecule has 0 unspecified atom stereocenters. The molecule has 2 rings (SSSR count). The van der Waals surface area contributed by atoms with E-state index < -0.39 is 10.0 Å². The fourth-order valence-electron chi connectivity index (χ4n) is 2.39. The van der Waals surface area contributed by atoms with Gasteiger partial charge in [-0.25, -0.2) is 8.42 Å². The van der Waals surface area contributed by atoms with E-state index >= 15 is 0 Å². The van der Waals surface area contributed by atoms with Crippen molar-refractivity contribution in [1.82, 2.24) is 9.62 Å². The number of rotatable bonds is 5. The van der Waals surface area contributed by atoms with Crippen molar-refractivity contribution in [2.24, 2.45) is 5.92 Å². The van der Waals surface area contributed by atoms with Crippen molar-refractivity contribution in [2.45, 2.75) is 38.6 Å². The zero-order valence-electron chi connectivity index (χ0n) is 14.7. The van der Waals surface area contributed by atoms with E-state index in [1.807, 2.05) is 20.8 Å². The fourth-order valence-corrected chi connectivity index (χ4v) is 3.83. The average molecular weight is 354 g/mol. The molecular weight excluding hydrogens is 328 g/mol. The number of ether oxygens (including phenoxy) is 1. The molecule has 0 saturated carbocycles. The predicted octanol–water partition coefficient (Wildman–Crippen LogP) is 1.79. The molecule has 1 aliphatic rings. The summed E-state index contributed by atoms with van der Waals surface area (Å²) in [6, 6.07) is 4.73. The first kappa shape index (κ1) is 18.9. The molecule has 1 N–H and O–H groups in total. The molecule has 1 amide bonds. The standard InChI is InChI=1S/C17H26N2O4S/c1-12(2)14(4)18-17(20)16-11-15(6-5-13(16)3)24(21,22)19-7-9-23-10-8-19/h5-6,11-12,14H,7-10H2,1-4H3,(H,18,20)/t14-/m1/s1. The molecule has 1 aromatic rings. The van der Waals surface area contributed by atoms with Crippen LogP contribution in [0, 0.1) is 12.8 Å². The molecule has 0 aromatic heterocycles. The summed E-state index contributed by atoms with van der Waals surface area (Å²) in [7, 11) is -3.61. The third-order valence-corrected chi connectivity index (χ3v) is 6.31. The Morgan fingerprint density at radius 3 is 2.42 bits per heavy atom. The van der Waals surface area contributed by atoms with Crippen LogP contribution in [0.4, 0.5) is 0 Å². The molecule has 0 aliphatic carbocycles. The van der Waals surface area contributed by atoms with Crippen molar-refractivity contribution >= 4 is 15.9 Å². The van der Waals surface area contributed by atoms with Crippen LogP contribution in [-0.4, -0.2) is 51.0 Å². The topological polar surface area (TPSA) is 75.7 Å². The van der Waals surface area contributed by atoms with Crippen LogP contribution in [0.2, 0.25) is 0 Å². The van der Waals surface area contributed by atoms with E-state index in [0.717, 1.165) is 5.56 Å². The van der Waals surface area contributed by atoms with Gasteiger partial charge in [-0.15, -0.1) is 0 Å². The van der Waals surface area contributed by atoms with Crippen LogP contribution >= 0.6 is 0 Å². The average Bonchev–Trinajstić information content (AvgIpc) is 2.55. The Balaban J connectivity index is 2.29. The van der Waals surface area contributed by atoms with E-state index in [1.54, 1.807) is 19.1 Å². The number of hydrogen-bond acceptors (Lipinski definition) is 4. The van der Waals surface area contributed by atoms with Crippen LogP contribution in [0.1, 0.15) is 36.7 Å². The number of amides is 1. The Labute approximate surface area is 144 Å². The Morgan fingerprint density at radius 1 is 1.21 bits per heavy atom. The first-order valence-electron chi connectivity index (χ1n) is 8.23. The predicted molar refractivity (Wildman–Crippen MR) is 92.5 cm³/mol. The van der Waals surface area contributed by atoms with Crippen molar-refractivity contribution < 1.29 is 17.9 Å². The largest absolute Gasteiger partial charge is 0.379 e. The van der Waals surface area contributed by atoms with Crippen LogP contribution in [0.15, 0.2) is 23.1 Å². The lowest BCUT2D eigenvalue weighted by molar-refractivity contribution is 0.0730. The molecule has 24 heavy (non-hydrogen) atoms. The number of nitrogens with zero attached hydrogens (tertiary/aromatic N) is 1. The molecule has 0 bridgehead atoms. The van der Waals surface area contributed by atoms with E-state index in [1.165, 1.54) is 10.4 Å². The third kappa shape index (κ3) is 4.15. The normalized spacial score (nSPS) is 17.7. The van der Waals surface area contributed by atoms with Crippen LogP contribution in [0.25, 0.3) is 0 Å². The van der Waals surface area contributed by atoms with E-state index in [-0.39, 0.29) is 16.8 Å². The van der Waals surface area contributed by atoms with Gasteiger partial charge in [-0.2, -0.15) is 4.31 Å². The van der Waals surface area contributed by atoms with Gasteiger partial charge >= 0.3 is 0 Å². The first-order valence-corrected chi connectivity index (χ1v) is 9.67. The minimum Gasteiger partial charge on any atom is -0.379 e. The van der Waals surface area contributed by atoms with E-state index in [0.29, 0.717) is 37.8 Å². The summed E-state index contributed by atoms with van der Waals surface area (Å²) in [6.45, 7) is 9.25. The van der Waals surface area contributed by atoms with Gasteiger partial charge in [0, 0.05) is 24.7 Å². The zero-order chi connectivity index (χ0) is 17.9. The van der Waals surface area contributed by atoms with Gasteiger partial charge < -0.3 is 10.1 Å². The molecule has 1 atom stereocenters. The Hall–Kier alpha value is -1.44. The maximum Gasteiger partial charge on any atom is 0.251 e. The summed E-state index contributed by atoms with van der Waals surface area (Å²) < 4.78 is 32.1. The lowest BCUT2D eigenvalue weighted by atomic mass is 10.0. The highest BCUT2D eigenvalue weighted by molar-refractivity contribution is 7.89. The Morgan fingerprint density at radius 2 is 1.83 bits per heavy atom. The smallest absolute Gasteiger partial charge is 0.251 e. The third-order valence-electron chi connectivity index (χ3n) is 4.42. The SMILES string of the molecule is Cc1ccc(S(=O)(=O)N2CCOCC2)cc1C(=O)N[C@H](C)C(C)C. The first-order chi connectivity index (χ1) is 11.2. The highest BCUT2D eigenvalue weighted by atomic mass is 32.2. The van der Waals surface area contributed by atoms with Gasteiger partial charge in [0.05, 0.1) is 18.1 Å². The zero-order valence-corrected chi connectivity index (χ0v) is 15.5. The summed E-state index contributed by atoms with van der Waals surface area (Å²) in [6.07, 6.45) is 0. The molecule has 1 aliphatic heterocycles. The summed E-state index contributed by atoms with van der Waals surface area (Å²) in [5.41, 5.74) is 1.15. The van der Waals surface area contributed by atoms with Crippen molar-refractivity contribution in [3.8, 4) is 0 Å². The number of benzene rings is 1. The number of sulfonamides is 1. The highest BCUT2D eigenvalue weighted by Gasteiger charge is 2.27. The maximum atomic E-state index is 12.7. The number of morpholine rings is 1. The molecule has 6 nitrogen and oxygen atoms in total. The minimum atomic E-state index is -3.61. The van der Waals surface area contributed by atoms with Gasteiger partial charge in [-0.1, -0.05) is 19.9 Å². The molecule has 0 radical (unpaired) electrons. The molecular formula is C17H26N2O4S. The van der Waals surface area contributed by atoms with Crippen molar-refractivity contribution in [3.63, 3.8) is 0 Å². The number of aryl methyl sites for hydroxylation is 1. The number of carbonyl (C=O) groups is 1. The molecule has 1 saturated heterocycles. The van der Waals surface area contributed by atoms with E-state index in [2.05, 4.69) is 5.32 Å². The molecule has 134 valence electrons. The molecule has 7 heteroatoms. The van der Waals surface area contributed by atoms with Crippen LogP contribution in [0.5, 0.6) is 0 Å². The monoisotopic (exact) mass is 354 g/mol. The van der Waals surface area contributed by atoms with Crippen LogP contribution in [0.3, 0.4) is 0 Å². The lowest BCUT2D eigenvalue weighted by Gasteiger charge is -2.26. The van der Waals surface area contributed by atoms with Gasteiger partial charge in [0.25, 0.3) is 5.91 Å². The molecule has 0 spiro atoms. The highest BCUT2D eigenvalue weighted by Crippen LogP contribution is 2.21. The quantitative estimate of drug-likeness (QED) is 0.875. The van der Waals surface area contributed by atoms with Gasteiger partial charge in [0.1, 0.15) is 0 Å². The summed E-state index contributed by atoms with van der Waals surface area (Å²) in [5.74, 6) is 0.0576. The summed E-state index contributed by atoms with van der Waals surface area (Å²) in [4.78, 5) is 12.6. The molecule has 1 heterocycles. The fraction of sp³-hybridized carbons (Fsp3) is 0.588. The number of carbonyl (C=O) groups excluding carboxylic acids is 1. The summed E-state index contributed by atoms with van der Waals surface area (Å²) >= 11 is 0. The van der Waals surface area contributed by atoms with Crippen molar-refractivity contribution in [1.29, 1.82) is 0 Å². The number of nitrogens with one attached hydrogen (secondary N) is 1. The van der Waals surface area contributed by atoms with Crippen molar-refractivity contribution in [2.75, 3.05) is 26.3 Å². The van der Waals surface area contributed by atoms with Gasteiger partial charge in [-0.05, 0) is 37.5 Å². The van der Waals surface area contributed by atoms with Crippen molar-refractivity contribution in [3.05, 3.63) is 29.3 Å². The van der Waals surface area contributed by atoms with E-state index in [9.17, 15) is 13.2 Å². The van der Waals surface area contributed by atoms with Crippen LogP contribution in [-0.2, 0) is 14.8 Å². The van der Waals surface area contributed by atoms with Gasteiger partial charge in [0.15, 0.2) is 0 Å². The minimum absolute atomic E-state index is 0.0106. The Kier molecular flexibility index (Phi) is 6.01. The molecule has 1 aromatic carbocycles. The second-order valence-corrected chi connectivity index (χ2v) is 8.44. The lowest BCUT2D eigenvalue weighted by Crippen LogP contribution is -2.40. The van der Waals surface area contributed by atoms with Crippen LogP contribution < -0.4 is 5.32 Å². The number of hydrogen-bond donors (Lipinski definition) is 1. The van der Waals surface area contributed by atoms with Gasteiger partial charge in [-0.3, -0.25) is 4.79 Å². The van der Waals surface area contributed by atoms with E-state index in [4.69, 9.17) is 4.74 Å². The second-order valence-electron chi connectivity index (χ2n) is 6.50. The second kappa shape index (κ2) is 7.63. The molecule has 1 fully saturated rings.